The fourth-order valence-electron chi connectivity index (χ4n) is 0.814. The summed E-state index contributed by atoms with van der Waals surface area (Å²) in [5.74, 6) is 0. The second-order valence-electron chi connectivity index (χ2n) is 2.02. The number of aromatic nitrogens is 5. The van der Waals surface area contributed by atoms with E-state index in [1.807, 2.05) is 0 Å². The topological polar surface area (TPSA) is 93.8 Å². The third-order valence-corrected chi connectivity index (χ3v) is 1.30. The highest BCUT2D eigenvalue weighted by atomic mass is 16.4. The molecule has 7 heteroatoms. The fraction of sp³-hybridized carbons (Fsp3) is 0. The van der Waals surface area contributed by atoms with Gasteiger partial charge in [-0.3, -0.25) is 0 Å². The molecule has 0 fully saturated rings. The van der Waals surface area contributed by atoms with Crippen molar-refractivity contribution in [1.29, 1.82) is 0 Å². The molecule has 2 heterocycles. The Labute approximate surface area is 65.7 Å². The number of carbonyl (C=O) groups is 1. The largest absolute Gasteiger partial charge is 0.463 e. The van der Waals surface area contributed by atoms with Gasteiger partial charge in [0.2, 0.25) is 0 Å². The highest BCUT2D eigenvalue weighted by Crippen LogP contribution is 2.03. The Morgan fingerprint density at radius 3 is 3.17 bits per heavy atom. The average Bonchev–Trinajstić information content (AvgIpc) is 2.47. The van der Waals surface area contributed by atoms with Crippen LogP contribution in [0.2, 0.25) is 0 Å². The van der Waals surface area contributed by atoms with Gasteiger partial charge in [0.05, 0.1) is 6.20 Å². The number of fused-ring (bicyclic) bond motifs is 1. The number of nitrogens with zero attached hydrogens (tertiary/aromatic N) is 5. The molecule has 0 spiro atoms. The van der Waals surface area contributed by atoms with E-state index < -0.39 is 6.09 Å². The molecule has 0 atom stereocenters. The van der Waals surface area contributed by atoms with E-state index in [1.54, 1.807) is 0 Å². The van der Waals surface area contributed by atoms with Crippen LogP contribution in [0.4, 0.5) is 4.79 Å². The highest BCUT2D eigenvalue weighted by Gasteiger charge is 2.09. The van der Waals surface area contributed by atoms with E-state index in [-0.39, 0.29) is 5.65 Å². The summed E-state index contributed by atoms with van der Waals surface area (Å²) in [6, 6.07) is 0. The lowest BCUT2D eigenvalue weighted by molar-refractivity contribution is 0.193. The summed E-state index contributed by atoms with van der Waals surface area (Å²) in [5, 5.41) is 15.5. The molecule has 0 aliphatic carbocycles. The second-order valence-corrected chi connectivity index (χ2v) is 2.02. The first-order valence-corrected chi connectivity index (χ1v) is 3.04. The van der Waals surface area contributed by atoms with Gasteiger partial charge in [-0.25, -0.2) is 14.8 Å². The number of hydrogen-bond donors (Lipinski definition) is 1. The first-order chi connectivity index (χ1) is 5.79. The van der Waals surface area contributed by atoms with Crippen LogP contribution in [0.1, 0.15) is 0 Å². The Morgan fingerprint density at radius 2 is 2.42 bits per heavy atom. The van der Waals surface area contributed by atoms with Gasteiger partial charge < -0.3 is 5.11 Å². The Balaban J connectivity index is 2.79. The summed E-state index contributed by atoms with van der Waals surface area (Å²) >= 11 is 0. The van der Waals surface area contributed by atoms with Crippen molar-refractivity contribution in [3.8, 4) is 0 Å². The van der Waals surface area contributed by atoms with Gasteiger partial charge in [0.25, 0.3) is 0 Å². The molecule has 12 heavy (non-hydrogen) atoms. The molecule has 60 valence electrons. The first-order valence-electron chi connectivity index (χ1n) is 3.04. The van der Waals surface area contributed by atoms with Crippen LogP contribution < -0.4 is 0 Å². The highest BCUT2D eigenvalue weighted by molar-refractivity contribution is 5.80. The van der Waals surface area contributed by atoms with Gasteiger partial charge in [-0.2, -0.15) is 0 Å². The summed E-state index contributed by atoms with van der Waals surface area (Å²) in [7, 11) is 0. The van der Waals surface area contributed by atoms with Crippen molar-refractivity contribution in [3.63, 3.8) is 0 Å². The molecule has 2 aromatic heterocycles. The van der Waals surface area contributed by atoms with E-state index in [0.29, 0.717) is 10.2 Å². The minimum atomic E-state index is -1.21. The maximum Gasteiger partial charge on any atom is 0.435 e. The quantitative estimate of drug-likeness (QED) is 0.578. The molecule has 0 saturated heterocycles. The Morgan fingerprint density at radius 1 is 1.58 bits per heavy atom. The van der Waals surface area contributed by atoms with Crippen molar-refractivity contribution in [3.05, 3.63) is 12.5 Å². The third kappa shape index (κ3) is 0.797. The fourth-order valence-corrected chi connectivity index (χ4v) is 0.814. The number of carboxylic acid groups (broad SMARTS) is 1. The van der Waals surface area contributed by atoms with Crippen LogP contribution in [-0.4, -0.2) is 36.2 Å². The number of rotatable bonds is 0. The van der Waals surface area contributed by atoms with E-state index in [4.69, 9.17) is 5.11 Å². The van der Waals surface area contributed by atoms with E-state index in [1.165, 1.54) is 12.5 Å². The summed E-state index contributed by atoms with van der Waals surface area (Å²) in [6.45, 7) is 0. The summed E-state index contributed by atoms with van der Waals surface area (Å²) in [4.78, 5) is 17.9. The average molecular weight is 165 g/mol. The molecule has 0 aliphatic rings. The van der Waals surface area contributed by atoms with Crippen molar-refractivity contribution >= 4 is 17.3 Å². The Hall–Kier alpha value is -2.05. The Bertz CT molecular complexity index is 436. The van der Waals surface area contributed by atoms with Crippen LogP contribution in [0, 0.1) is 0 Å². The standard InChI is InChI=1S/C5H3N5O2/c11-5(12)10-4-3(8-9-10)1-6-2-7-4/h1-2H,(H,11,12). The SMILES string of the molecule is O=C(O)n1nnc2cncnc21. The van der Waals surface area contributed by atoms with Crippen molar-refractivity contribution in [1.82, 2.24) is 25.0 Å². The minimum absolute atomic E-state index is 0.192. The van der Waals surface area contributed by atoms with Gasteiger partial charge in [0, 0.05) is 0 Å². The third-order valence-electron chi connectivity index (χ3n) is 1.30. The van der Waals surface area contributed by atoms with Crippen LogP contribution >= 0.6 is 0 Å². The predicted octanol–water partition coefficient (Wildman–Crippen LogP) is -0.253. The maximum absolute atomic E-state index is 10.5. The van der Waals surface area contributed by atoms with Crippen molar-refractivity contribution in [2.45, 2.75) is 0 Å². The summed E-state index contributed by atoms with van der Waals surface area (Å²) in [5.41, 5.74) is 0.553. The van der Waals surface area contributed by atoms with Gasteiger partial charge in [-0.05, 0) is 0 Å². The summed E-state index contributed by atoms with van der Waals surface area (Å²) in [6.07, 6.45) is 1.43. The smallest absolute Gasteiger partial charge is 0.435 e. The van der Waals surface area contributed by atoms with Crippen molar-refractivity contribution in [2.24, 2.45) is 0 Å². The molecule has 2 aromatic rings. The molecule has 0 radical (unpaired) electrons. The van der Waals surface area contributed by atoms with E-state index >= 15 is 0 Å². The molecule has 0 unspecified atom stereocenters. The first kappa shape index (κ1) is 6.65. The molecule has 0 saturated carbocycles. The zero-order valence-electron chi connectivity index (χ0n) is 5.75. The molecule has 1 N–H and O–H groups in total. The molecule has 0 amide bonds. The zero-order chi connectivity index (χ0) is 8.55. The number of hydrogen-bond acceptors (Lipinski definition) is 5. The van der Waals surface area contributed by atoms with Crippen LogP contribution in [0.3, 0.4) is 0 Å². The lowest BCUT2D eigenvalue weighted by Gasteiger charge is -1.89. The summed E-state index contributed by atoms with van der Waals surface area (Å²) < 4.78 is 0.691. The maximum atomic E-state index is 10.5. The van der Waals surface area contributed by atoms with Crippen molar-refractivity contribution in [2.75, 3.05) is 0 Å². The zero-order valence-corrected chi connectivity index (χ0v) is 5.75. The molecule has 7 nitrogen and oxygen atoms in total. The van der Waals surface area contributed by atoms with Gasteiger partial charge in [0.1, 0.15) is 6.33 Å². The lowest BCUT2D eigenvalue weighted by Crippen LogP contribution is -2.10. The van der Waals surface area contributed by atoms with Crippen LogP contribution in [-0.2, 0) is 0 Å². The van der Waals surface area contributed by atoms with Gasteiger partial charge >= 0.3 is 6.09 Å². The molecular weight excluding hydrogens is 162 g/mol. The second kappa shape index (κ2) is 2.22. The monoisotopic (exact) mass is 165 g/mol. The van der Waals surface area contributed by atoms with Crippen LogP contribution in [0.25, 0.3) is 11.2 Å². The predicted molar refractivity (Wildman–Crippen MR) is 36.5 cm³/mol. The molecule has 0 bridgehead atoms. The van der Waals surface area contributed by atoms with E-state index in [0.717, 1.165) is 0 Å². The molecular formula is C5H3N5O2. The van der Waals surface area contributed by atoms with Gasteiger partial charge in [0.15, 0.2) is 11.2 Å². The van der Waals surface area contributed by atoms with Gasteiger partial charge in [-0.15, -0.1) is 9.78 Å². The van der Waals surface area contributed by atoms with Crippen LogP contribution in [0.5, 0.6) is 0 Å². The normalized spacial score (nSPS) is 10.3. The molecule has 2 rings (SSSR count). The van der Waals surface area contributed by atoms with Gasteiger partial charge in [-0.1, -0.05) is 5.21 Å². The van der Waals surface area contributed by atoms with E-state index in [9.17, 15) is 4.79 Å². The van der Waals surface area contributed by atoms with Crippen molar-refractivity contribution < 1.29 is 9.90 Å². The molecule has 0 aliphatic heterocycles. The minimum Gasteiger partial charge on any atom is -0.463 e. The van der Waals surface area contributed by atoms with Crippen LogP contribution in [0.15, 0.2) is 12.5 Å². The Kier molecular flexibility index (Phi) is 1.23. The molecule has 0 aromatic carbocycles. The van der Waals surface area contributed by atoms with E-state index in [2.05, 4.69) is 20.3 Å². The lowest BCUT2D eigenvalue weighted by atomic mass is 10.6.